The molecule has 0 unspecified atom stereocenters. The Kier molecular flexibility index (Phi) is 3.47. The highest BCUT2D eigenvalue weighted by Crippen LogP contribution is 2.16. The standard InChI is InChI=1S/C12H9BrN2O3/c13-10-6-5-9(18-10)12(17)15-8-3-1-7(2-4-8)11(14)16/h1-6H,(H2,14,16)(H,15,17). The first-order valence-corrected chi connectivity index (χ1v) is 5.82. The molecular weight excluding hydrogens is 300 g/mol. The van der Waals surface area contributed by atoms with Crippen molar-refractivity contribution in [1.29, 1.82) is 0 Å². The molecule has 1 aromatic heterocycles. The molecule has 6 heteroatoms. The predicted molar refractivity (Wildman–Crippen MR) is 69.3 cm³/mol. The number of rotatable bonds is 3. The zero-order valence-electron chi connectivity index (χ0n) is 9.14. The van der Waals surface area contributed by atoms with Crippen LogP contribution in [0, 0.1) is 0 Å². The van der Waals surface area contributed by atoms with Crippen LogP contribution in [0.5, 0.6) is 0 Å². The molecule has 0 saturated heterocycles. The quantitative estimate of drug-likeness (QED) is 0.913. The number of carbonyl (C=O) groups excluding carboxylic acids is 2. The van der Waals surface area contributed by atoms with E-state index < -0.39 is 5.91 Å². The molecule has 2 rings (SSSR count). The van der Waals surface area contributed by atoms with Gasteiger partial charge in [-0.2, -0.15) is 0 Å². The SMILES string of the molecule is NC(=O)c1ccc(NC(=O)c2ccc(Br)o2)cc1. The maximum Gasteiger partial charge on any atom is 0.291 e. The Labute approximate surface area is 111 Å². The summed E-state index contributed by atoms with van der Waals surface area (Å²) in [5.41, 5.74) is 6.05. The monoisotopic (exact) mass is 308 g/mol. The lowest BCUT2D eigenvalue weighted by atomic mass is 10.2. The van der Waals surface area contributed by atoms with Gasteiger partial charge in [0, 0.05) is 11.3 Å². The van der Waals surface area contributed by atoms with E-state index in [2.05, 4.69) is 21.2 Å². The zero-order chi connectivity index (χ0) is 13.1. The number of anilines is 1. The Morgan fingerprint density at radius 2 is 1.78 bits per heavy atom. The smallest absolute Gasteiger partial charge is 0.291 e. The third kappa shape index (κ3) is 2.78. The van der Waals surface area contributed by atoms with E-state index in [-0.39, 0.29) is 11.7 Å². The number of halogens is 1. The molecule has 0 saturated carbocycles. The molecule has 1 heterocycles. The number of furan rings is 1. The van der Waals surface area contributed by atoms with Gasteiger partial charge in [0.1, 0.15) is 0 Å². The number of benzene rings is 1. The predicted octanol–water partition coefficient (Wildman–Crippen LogP) is 2.39. The molecule has 5 nitrogen and oxygen atoms in total. The van der Waals surface area contributed by atoms with Crippen LogP contribution in [-0.4, -0.2) is 11.8 Å². The molecule has 0 spiro atoms. The Balaban J connectivity index is 2.10. The van der Waals surface area contributed by atoms with Gasteiger partial charge in [-0.15, -0.1) is 0 Å². The fourth-order valence-electron chi connectivity index (χ4n) is 1.35. The number of hydrogen-bond acceptors (Lipinski definition) is 3. The minimum Gasteiger partial charge on any atom is -0.444 e. The largest absolute Gasteiger partial charge is 0.444 e. The fourth-order valence-corrected chi connectivity index (χ4v) is 1.65. The van der Waals surface area contributed by atoms with Crippen LogP contribution in [0.1, 0.15) is 20.9 Å². The van der Waals surface area contributed by atoms with Crippen LogP contribution in [0.15, 0.2) is 45.5 Å². The maximum absolute atomic E-state index is 11.7. The average molecular weight is 309 g/mol. The summed E-state index contributed by atoms with van der Waals surface area (Å²) in [6, 6.07) is 9.44. The maximum atomic E-state index is 11.7. The lowest BCUT2D eigenvalue weighted by molar-refractivity contribution is 0.0990. The Hall–Kier alpha value is -2.08. The van der Waals surface area contributed by atoms with E-state index in [4.69, 9.17) is 10.2 Å². The molecule has 3 N–H and O–H groups in total. The highest BCUT2D eigenvalue weighted by molar-refractivity contribution is 9.10. The van der Waals surface area contributed by atoms with Gasteiger partial charge in [0.05, 0.1) is 0 Å². The lowest BCUT2D eigenvalue weighted by Gasteiger charge is -2.03. The van der Waals surface area contributed by atoms with Crippen LogP contribution >= 0.6 is 15.9 Å². The Morgan fingerprint density at radius 1 is 1.11 bits per heavy atom. The number of amides is 2. The van der Waals surface area contributed by atoms with Crippen molar-refractivity contribution in [1.82, 2.24) is 0 Å². The van der Waals surface area contributed by atoms with E-state index in [0.717, 1.165) is 0 Å². The van der Waals surface area contributed by atoms with Gasteiger partial charge in [-0.1, -0.05) is 0 Å². The van der Waals surface area contributed by atoms with E-state index in [9.17, 15) is 9.59 Å². The van der Waals surface area contributed by atoms with Crippen LogP contribution in [0.25, 0.3) is 0 Å². The van der Waals surface area contributed by atoms with Crippen LogP contribution < -0.4 is 11.1 Å². The summed E-state index contributed by atoms with van der Waals surface area (Å²) in [4.78, 5) is 22.6. The average Bonchev–Trinajstić information content (AvgIpc) is 2.76. The van der Waals surface area contributed by atoms with Gasteiger partial charge in [-0.25, -0.2) is 0 Å². The summed E-state index contributed by atoms with van der Waals surface area (Å²) in [7, 11) is 0. The first-order valence-electron chi connectivity index (χ1n) is 5.03. The fraction of sp³-hybridized carbons (Fsp3) is 0. The summed E-state index contributed by atoms with van der Waals surface area (Å²) >= 11 is 3.11. The van der Waals surface area contributed by atoms with Crippen molar-refractivity contribution in [2.75, 3.05) is 5.32 Å². The first kappa shape index (κ1) is 12.4. The molecule has 1 aromatic carbocycles. The number of primary amides is 1. The molecule has 0 radical (unpaired) electrons. The third-order valence-corrected chi connectivity index (χ3v) is 2.65. The van der Waals surface area contributed by atoms with Crippen molar-refractivity contribution >= 4 is 33.4 Å². The molecule has 0 fully saturated rings. The van der Waals surface area contributed by atoms with E-state index in [1.54, 1.807) is 24.3 Å². The molecule has 0 bridgehead atoms. The highest BCUT2D eigenvalue weighted by Gasteiger charge is 2.10. The molecule has 2 aromatic rings. The molecule has 2 amide bonds. The van der Waals surface area contributed by atoms with Gasteiger partial charge in [-0.3, -0.25) is 9.59 Å². The third-order valence-electron chi connectivity index (χ3n) is 2.22. The normalized spacial score (nSPS) is 10.1. The van der Waals surface area contributed by atoms with Crippen LogP contribution in [0.3, 0.4) is 0 Å². The zero-order valence-corrected chi connectivity index (χ0v) is 10.7. The number of hydrogen-bond donors (Lipinski definition) is 2. The van der Waals surface area contributed by atoms with Crippen molar-refractivity contribution in [2.45, 2.75) is 0 Å². The minimum absolute atomic E-state index is 0.195. The Morgan fingerprint density at radius 3 is 2.28 bits per heavy atom. The number of carbonyl (C=O) groups is 2. The molecule has 0 aliphatic rings. The number of nitrogens with two attached hydrogens (primary N) is 1. The van der Waals surface area contributed by atoms with Crippen molar-refractivity contribution in [2.24, 2.45) is 5.73 Å². The second kappa shape index (κ2) is 5.05. The summed E-state index contributed by atoms with van der Waals surface area (Å²) in [5, 5.41) is 2.63. The summed E-state index contributed by atoms with van der Waals surface area (Å²) in [6.45, 7) is 0. The van der Waals surface area contributed by atoms with Gasteiger partial charge >= 0.3 is 0 Å². The Bertz CT molecular complexity index is 590. The van der Waals surface area contributed by atoms with E-state index >= 15 is 0 Å². The van der Waals surface area contributed by atoms with Crippen LogP contribution in [-0.2, 0) is 0 Å². The van der Waals surface area contributed by atoms with Crippen molar-refractivity contribution in [3.63, 3.8) is 0 Å². The summed E-state index contributed by atoms with van der Waals surface area (Å²) in [6.07, 6.45) is 0. The second-order valence-corrected chi connectivity index (χ2v) is 4.28. The molecule has 92 valence electrons. The first-order chi connectivity index (χ1) is 8.56. The molecule has 0 aliphatic heterocycles. The molecule has 0 atom stereocenters. The van der Waals surface area contributed by atoms with Crippen molar-refractivity contribution in [3.05, 3.63) is 52.4 Å². The van der Waals surface area contributed by atoms with Gasteiger partial charge < -0.3 is 15.5 Å². The van der Waals surface area contributed by atoms with Crippen molar-refractivity contribution in [3.8, 4) is 0 Å². The minimum atomic E-state index is -0.511. The summed E-state index contributed by atoms with van der Waals surface area (Å²) < 4.78 is 5.59. The van der Waals surface area contributed by atoms with Gasteiger partial charge in [0.15, 0.2) is 10.4 Å². The van der Waals surface area contributed by atoms with Crippen LogP contribution in [0.4, 0.5) is 5.69 Å². The second-order valence-electron chi connectivity index (χ2n) is 3.50. The topological polar surface area (TPSA) is 85.3 Å². The molecule has 0 aliphatic carbocycles. The van der Waals surface area contributed by atoms with E-state index in [0.29, 0.717) is 15.9 Å². The van der Waals surface area contributed by atoms with E-state index in [1.807, 2.05) is 0 Å². The molecular formula is C12H9BrN2O3. The number of nitrogens with one attached hydrogen (secondary N) is 1. The van der Waals surface area contributed by atoms with Gasteiger partial charge in [-0.05, 0) is 52.3 Å². The van der Waals surface area contributed by atoms with Crippen LogP contribution in [0.2, 0.25) is 0 Å². The van der Waals surface area contributed by atoms with Crippen molar-refractivity contribution < 1.29 is 14.0 Å². The molecule has 18 heavy (non-hydrogen) atoms. The highest BCUT2D eigenvalue weighted by atomic mass is 79.9. The lowest BCUT2D eigenvalue weighted by Crippen LogP contribution is -2.12. The van der Waals surface area contributed by atoms with Gasteiger partial charge in [0.25, 0.3) is 5.91 Å². The van der Waals surface area contributed by atoms with Gasteiger partial charge in [0.2, 0.25) is 5.91 Å². The van der Waals surface area contributed by atoms with E-state index in [1.165, 1.54) is 12.1 Å². The summed E-state index contributed by atoms with van der Waals surface area (Å²) in [5.74, 6) is -0.684.